The van der Waals surface area contributed by atoms with Crippen molar-refractivity contribution in [1.29, 1.82) is 0 Å². The maximum absolute atomic E-state index is 6.22. The minimum absolute atomic E-state index is 0.388. The molecule has 1 unspecified atom stereocenters. The lowest BCUT2D eigenvalue weighted by atomic mass is 10.1. The third kappa shape index (κ3) is 3.28. The van der Waals surface area contributed by atoms with E-state index in [1.165, 1.54) is 5.69 Å². The molecule has 1 fully saturated rings. The second-order valence-corrected chi connectivity index (χ2v) is 7.47. The van der Waals surface area contributed by atoms with Crippen molar-refractivity contribution in [2.24, 2.45) is 5.73 Å². The van der Waals surface area contributed by atoms with Crippen LogP contribution >= 0.6 is 0 Å². The van der Waals surface area contributed by atoms with Gasteiger partial charge in [0.25, 0.3) is 0 Å². The third-order valence-corrected chi connectivity index (χ3v) is 5.54. The van der Waals surface area contributed by atoms with Crippen LogP contribution in [-0.4, -0.2) is 54.1 Å². The molecule has 0 spiro atoms. The Bertz CT molecular complexity index is 1170. The largest absolute Gasteiger partial charge is 0.475 e. The van der Waals surface area contributed by atoms with Crippen LogP contribution in [0.5, 0.6) is 5.88 Å². The van der Waals surface area contributed by atoms with Crippen molar-refractivity contribution in [3.05, 3.63) is 42.6 Å². The molecule has 3 aromatic heterocycles. The number of anilines is 1. The molecule has 1 aliphatic rings. The van der Waals surface area contributed by atoms with E-state index in [9.17, 15) is 0 Å². The molecule has 4 heterocycles. The van der Waals surface area contributed by atoms with E-state index in [1.54, 1.807) is 23.9 Å². The van der Waals surface area contributed by atoms with Gasteiger partial charge in [0, 0.05) is 37.3 Å². The molecule has 8 heteroatoms. The van der Waals surface area contributed by atoms with Crippen LogP contribution in [0.25, 0.3) is 28.1 Å². The van der Waals surface area contributed by atoms with Crippen LogP contribution in [0.3, 0.4) is 0 Å². The van der Waals surface area contributed by atoms with Gasteiger partial charge in [0.15, 0.2) is 11.4 Å². The van der Waals surface area contributed by atoms with Gasteiger partial charge < -0.3 is 24.5 Å². The molecular weight excluding hydrogens is 382 g/mol. The zero-order valence-electron chi connectivity index (χ0n) is 17.0. The number of rotatable bonds is 7. The molecule has 0 aliphatic carbocycles. The number of nitrogens with zero attached hydrogens (tertiary/aromatic N) is 4. The Kier molecular flexibility index (Phi) is 5.02. The van der Waals surface area contributed by atoms with E-state index in [2.05, 4.69) is 27.1 Å². The minimum atomic E-state index is 0.388. The Labute approximate surface area is 174 Å². The van der Waals surface area contributed by atoms with Gasteiger partial charge in [-0.15, -0.1) is 5.10 Å². The highest BCUT2D eigenvalue weighted by Crippen LogP contribution is 2.37. The van der Waals surface area contributed by atoms with Crippen LogP contribution in [0, 0.1) is 0 Å². The van der Waals surface area contributed by atoms with Crippen LogP contribution in [0.15, 0.2) is 47.0 Å². The zero-order valence-corrected chi connectivity index (χ0v) is 17.0. The lowest BCUT2D eigenvalue weighted by Gasteiger charge is -2.26. The van der Waals surface area contributed by atoms with Gasteiger partial charge in [0.1, 0.15) is 17.9 Å². The van der Waals surface area contributed by atoms with Crippen molar-refractivity contribution in [3.8, 4) is 17.3 Å². The molecule has 30 heavy (non-hydrogen) atoms. The molecule has 1 saturated heterocycles. The van der Waals surface area contributed by atoms with Crippen molar-refractivity contribution in [2.75, 3.05) is 38.3 Å². The summed E-state index contributed by atoms with van der Waals surface area (Å²) in [5.74, 6) is 1.22. The van der Waals surface area contributed by atoms with E-state index in [-0.39, 0.29) is 0 Å². The zero-order chi connectivity index (χ0) is 20.5. The standard InChI is InChI=1S/C22H25N5O3/c1-28-14-15-4-3-10-26(15)17-5-2-6-19-16(17)12-20(30-19)18-13-24-21-7-8-22(25-27(18)21)29-11-9-23/h2,5-8,12-13,15H,3-4,9-11,14,23H2,1H3. The van der Waals surface area contributed by atoms with E-state index in [1.807, 2.05) is 18.2 Å². The Balaban J connectivity index is 1.56. The Hall–Kier alpha value is -3.10. The highest BCUT2D eigenvalue weighted by Gasteiger charge is 2.27. The van der Waals surface area contributed by atoms with Gasteiger partial charge in [-0.25, -0.2) is 9.50 Å². The summed E-state index contributed by atoms with van der Waals surface area (Å²) in [6.07, 6.45) is 4.07. The summed E-state index contributed by atoms with van der Waals surface area (Å²) < 4.78 is 19.0. The highest BCUT2D eigenvalue weighted by molar-refractivity contribution is 5.94. The first-order valence-electron chi connectivity index (χ1n) is 10.2. The van der Waals surface area contributed by atoms with Crippen LogP contribution in [0.2, 0.25) is 0 Å². The number of hydrogen-bond acceptors (Lipinski definition) is 7. The highest BCUT2D eigenvalue weighted by atomic mass is 16.5. The predicted octanol–water partition coefficient (Wildman–Crippen LogP) is 3.10. The number of aromatic nitrogens is 3. The fourth-order valence-corrected chi connectivity index (χ4v) is 4.21. The molecule has 4 aromatic rings. The first kappa shape index (κ1) is 18.9. The van der Waals surface area contributed by atoms with Crippen molar-refractivity contribution in [3.63, 3.8) is 0 Å². The molecule has 0 saturated carbocycles. The fourth-order valence-electron chi connectivity index (χ4n) is 4.21. The number of ether oxygens (including phenoxy) is 2. The summed E-state index contributed by atoms with van der Waals surface area (Å²) in [6.45, 7) is 2.59. The lowest BCUT2D eigenvalue weighted by molar-refractivity contribution is 0.181. The summed E-state index contributed by atoms with van der Waals surface area (Å²) >= 11 is 0. The smallest absolute Gasteiger partial charge is 0.231 e. The summed E-state index contributed by atoms with van der Waals surface area (Å²) in [5, 5.41) is 5.63. The van der Waals surface area contributed by atoms with Crippen LogP contribution in [-0.2, 0) is 4.74 Å². The molecule has 1 aliphatic heterocycles. The second-order valence-electron chi connectivity index (χ2n) is 7.47. The normalized spacial score (nSPS) is 16.7. The van der Waals surface area contributed by atoms with Gasteiger partial charge in [-0.2, -0.15) is 0 Å². The van der Waals surface area contributed by atoms with E-state index in [4.69, 9.17) is 19.6 Å². The van der Waals surface area contributed by atoms with E-state index in [0.29, 0.717) is 25.1 Å². The van der Waals surface area contributed by atoms with Gasteiger partial charge >= 0.3 is 0 Å². The lowest BCUT2D eigenvalue weighted by Crippen LogP contribution is -2.32. The molecule has 2 N–H and O–H groups in total. The van der Waals surface area contributed by atoms with Gasteiger partial charge in [0.05, 0.1) is 18.8 Å². The van der Waals surface area contributed by atoms with Crippen molar-refractivity contribution in [1.82, 2.24) is 14.6 Å². The number of imidazole rings is 1. The van der Waals surface area contributed by atoms with Gasteiger partial charge in [-0.1, -0.05) is 6.07 Å². The molecule has 0 bridgehead atoms. The van der Waals surface area contributed by atoms with E-state index >= 15 is 0 Å². The number of hydrogen-bond donors (Lipinski definition) is 1. The molecule has 8 nitrogen and oxygen atoms in total. The second kappa shape index (κ2) is 7.97. The quantitative estimate of drug-likeness (QED) is 0.503. The van der Waals surface area contributed by atoms with Gasteiger partial charge in [0.2, 0.25) is 5.88 Å². The Morgan fingerprint density at radius 1 is 1.27 bits per heavy atom. The number of furan rings is 1. The minimum Gasteiger partial charge on any atom is -0.475 e. The van der Waals surface area contributed by atoms with Crippen LogP contribution < -0.4 is 15.4 Å². The van der Waals surface area contributed by atoms with Crippen LogP contribution in [0.4, 0.5) is 5.69 Å². The molecule has 0 amide bonds. The third-order valence-electron chi connectivity index (χ3n) is 5.54. The van der Waals surface area contributed by atoms with Crippen molar-refractivity contribution in [2.45, 2.75) is 18.9 Å². The van der Waals surface area contributed by atoms with Crippen molar-refractivity contribution < 1.29 is 13.9 Å². The van der Waals surface area contributed by atoms with Gasteiger partial charge in [-0.3, -0.25) is 0 Å². The van der Waals surface area contributed by atoms with Crippen molar-refractivity contribution >= 4 is 22.3 Å². The number of fused-ring (bicyclic) bond motifs is 2. The fraction of sp³-hybridized carbons (Fsp3) is 0.364. The molecule has 1 aromatic carbocycles. The molecular formula is C22H25N5O3. The van der Waals surface area contributed by atoms with E-state index < -0.39 is 0 Å². The topological polar surface area (TPSA) is 91.0 Å². The number of nitrogens with two attached hydrogens (primary N) is 1. The SMILES string of the molecule is COCC1CCCN1c1cccc2oc(-c3cnc4ccc(OCCN)nn34)cc12. The van der Waals surface area contributed by atoms with Gasteiger partial charge in [-0.05, 0) is 37.1 Å². The summed E-state index contributed by atoms with van der Waals surface area (Å²) in [5.41, 5.74) is 9.05. The monoisotopic (exact) mass is 407 g/mol. The average molecular weight is 407 g/mol. The summed E-state index contributed by atoms with van der Waals surface area (Å²) in [7, 11) is 1.76. The molecule has 5 rings (SSSR count). The Morgan fingerprint density at radius 2 is 2.20 bits per heavy atom. The molecule has 1 atom stereocenters. The molecule has 156 valence electrons. The summed E-state index contributed by atoms with van der Waals surface area (Å²) in [4.78, 5) is 6.88. The number of methoxy groups -OCH3 is 1. The first-order valence-corrected chi connectivity index (χ1v) is 10.2. The predicted molar refractivity (Wildman–Crippen MR) is 115 cm³/mol. The molecule has 0 radical (unpaired) electrons. The summed E-state index contributed by atoms with van der Waals surface area (Å²) in [6, 6.07) is 12.3. The van der Waals surface area contributed by atoms with Crippen LogP contribution in [0.1, 0.15) is 12.8 Å². The first-order chi connectivity index (χ1) is 14.8. The van der Waals surface area contributed by atoms with E-state index in [0.717, 1.165) is 54.1 Å². The Morgan fingerprint density at radius 3 is 3.07 bits per heavy atom. The maximum Gasteiger partial charge on any atom is 0.231 e. The maximum atomic E-state index is 6.22. The average Bonchev–Trinajstić information content (AvgIpc) is 3.49. The number of benzene rings is 1.